The summed E-state index contributed by atoms with van der Waals surface area (Å²) >= 11 is 0. The van der Waals surface area contributed by atoms with Crippen molar-refractivity contribution in [1.29, 1.82) is 0 Å². The van der Waals surface area contributed by atoms with E-state index in [4.69, 9.17) is 4.74 Å². The molecular weight excluding hydrogens is 294 g/mol. The third-order valence-electron chi connectivity index (χ3n) is 4.50. The van der Waals surface area contributed by atoms with Gasteiger partial charge < -0.3 is 15.2 Å². The van der Waals surface area contributed by atoms with Gasteiger partial charge in [0, 0.05) is 24.4 Å². The van der Waals surface area contributed by atoms with Crippen molar-refractivity contribution >= 4 is 11.7 Å². The van der Waals surface area contributed by atoms with E-state index in [-0.39, 0.29) is 36.7 Å². The van der Waals surface area contributed by atoms with Crippen LogP contribution in [0.2, 0.25) is 0 Å². The summed E-state index contributed by atoms with van der Waals surface area (Å²) < 4.78 is 5.06. The number of rotatable bonds is 8. The summed E-state index contributed by atoms with van der Waals surface area (Å²) in [6.07, 6.45) is 2.52. The molecule has 5 nitrogen and oxygen atoms in total. The Hall–Kier alpha value is -1.88. The molecule has 5 heteroatoms. The van der Waals surface area contributed by atoms with Gasteiger partial charge in [-0.1, -0.05) is 6.92 Å². The molecule has 0 spiro atoms. The Labute approximate surface area is 137 Å². The second kappa shape index (κ2) is 8.11. The van der Waals surface area contributed by atoms with Crippen LogP contribution in [0.5, 0.6) is 5.75 Å². The van der Waals surface area contributed by atoms with Gasteiger partial charge in [-0.3, -0.25) is 9.59 Å². The molecule has 2 N–H and O–H groups in total. The van der Waals surface area contributed by atoms with Crippen LogP contribution in [0.1, 0.15) is 49.4 Å². The fourth-order valence-corrected chi connectivity index (χ4v) is 2.94. The van der Waals surface area contributed by atoms with Crippen molar-refractivity contribution in [1.82, 2.24) is 5.32 Å². The van der Waals surface area contributed by atoms with Gasteiger partial charge in [-0.25, -0.2) is 0 Å². The van der Waals surface area contributed by atoms with E-state index in [1.54, 1.807) is 31.4 Å². The second-order valence-electron chi connectivity index (χ2n) is 6.12. The van der Waals surface area contributed by atoms with Crippen LogP contribution in [0, 0.1) is 5.92 Å². The van der Waals surface area contributed by atoms with Gasteiger partial charge in [0.05, 0.1) is 13.2 Å². The van der Waals surface area contributed by atoms with Crippen molar-refractivity contribution in [2.45, 2.75) is 51.2 Å². The van der Waals surface area contributed by atoms with E-state index in [9.17, 15) is 14.7 Å². The molecule has 0 aliphatic heterocycles. The number of benzene rings is 1. The van der Waals surface area contributed by atoms with Gasteiger partial charge in [0.15, 0.2) is 5.78 Å². The van der Waals surface area contributed by atoms with Crippen LogP contribution in [-0.2, 0) is 4.79 Å². The van der Waals surface area contributed by atoms with Gasteiger partial charge in [-0.2, -0.15) is 0 Å². The summed E-state index contributed by atoms with van der Waals surface area (Å²) in [6, 6.07) is 7.00. The summed E-state index contributed by atoms with van der Waals surface area (Å²) in [5.41, 5.74) is 0.591. The van der Waals surface area contributed by atoms with Gasteiger partial charge in [0.1, 0.15) is 5.75 Å². The molecule has 1 aromatic carbocycles. The van der Waals surface area contributed by atoms with E-state index in [1.165, 1.54) is 0 Å². The molecule has 2 rings (SSSR count). The number of carbonyl (C=O) groups excluding carboxylic acids is 2. The van der Waals surface area contributed by atoms with E-state index < -0.39 is 0 Å². The fraction of sp³-hybridized carbons (Fsp3) is 0.556. The molecule has 1 aliphatic carbocycles. The monoisotopic (exact) mass is 319 g/mol. The quantitative estimate of drug-likeness (QED) is 0.721. The SMILES string of the molecule is CC[C@@H](NC(=O)CCC(=O)c1ccc(OC)cc1)C1CC(O)C1. The fourth-order valence-electron chi connectivity index (χ4n) is 2.94. The summed E-state index contributed by atoms with van der Waals surface area (Å²) in [5.74, 6) is 0.916. The van der Waals surface area contributed by atoms with Crippen LogP contribution in [0.3, 0.4) is 0 Å². The number of amides is 1. The molecule has 0 saturated heterocycles. The van der Waals surface area contributed by atoms with Gasteiger partial charge in [-0.05, 0) is 49.4 Å². The third kappa shape index (κ3) is 4.79. The summed E-state index contributed by atoms with van der Waals surface area (Å²) in [5, 5.41) is 12.4. The number of Topliss-reactive ketones (excluding diaryl/α,β-unsaturated/α-hetero) is 1. The first-order chi connectivity index (χ1) is 11.0. The van der Waals surface area contributed by atoms with Crippen LogP contribution in [-0.4, -0.2) is 36.1 Å². The molecule has 1 amide bonds. The number of aliphatic hydroxyl groups excluding tert-OH is 1. The minimum absolute atomic E-state index is 0.0464. The van der Waals surface area contributed by atoms with Gasteiger partial charge in [-0.15, -0.1) is 0 Å². The van der Waals surface area contributed by atoms with Crippen molar-refractivity contribution in [3.8, 4) is 5.75 Å². The molecule has 0 bridgehead atoms. The highest BCUT2D eigenvalue weighted by Gasteiger charge is 2.33. The zero-order valence-electron chi connectivity index (χ0n) is 13.7. The average molecular weight is 319 g/mol. The molecule has 126 valence electrons. The zero-order chi connectivity index (χ0) is 16.8. The Morgan fingerprint density at radius 3 is 2.43 bits per heavy atom. The van der Waals surface area contributed by atoms with Crippen molar-refractivity contribution in [3.05, 3.63) is 29.8 Å². The molecule has 1 atom stereocenters. The second-order valence-corrected chi connectivity index (χ2v) is 6.12. The number of aliphatic hydroxyl groups is 1. The number of ketones is 1. The maximum Gasteiger partial charge on any atom is 0.220 e. The van der Waals surface area contributed by atoms with E-state index in [0.29, 0.717) is 17.2 Å². The molecular formula is C18H25NO4. The van der Waals surface area contributed by atoms with Gasteiger partial charge in [0.2, 0.25) is 5.91 Å². The van der Waals surface area contributed by atoms with E-state index >= 15 is 0 Å². The number of hydrogen-bond acceptors (Lipinski definition) is 4. The van der Waals surface area contributed by atoms with Crippen molar-refractivity contribution in [2.75, 3.05) is 7.11 Å². The predicted octanol–water partition coefficient (Wildman–Crippen LogP) is 2.32. The van der Waals surface area contributed by atoms with Crippen molar-refractivity contribution < 1.29 is 19.4 Å². The number of ether oxygens (including phenoxy) is 1. The van der Waals surface area contributed by atoms with Crippen LogP contribution in [0.4, 0.5) is 0 Å². The van der Waals surface area contributed by atoms with Crippen molar-refractivity contribution in [3.63, 3.8) is 0 Å². The van der Waals surface area contributed by atoms with E-state index in [0.717, 1.165) is 19.3 Å². The Morgan fingerprint density at radius 1 is 1.26 bits per heavy atom. The lowest BCUT2D eigenvalue weighted by Gasteiger charge is -2.37. The molecule has 1 fully saturated rings. The minimum Gasteiger partial charge on any atom is -0.497 e. The molecule has 0 heterocycles. The highest BCUT2D eigenvalue weighted by molar-refractivity contribution is 5.98. The smallest absolute Gasteiger partial charge is 0.220 e. The first-order valence-electron chi connectivity index (χ1n) is 8.18. The number of carbonyl (C=O) groups is 2. The van der Waals surface area contributed by atoms with Gasteiger partial charge >= 0.3 is 0 Å². The summed E-state index contributed by atoms with van der Waals surface area (Å²) in [6.45, 7) is 2.03. The molecule has 0 unspecified atom stereocenters. The summed E-state index contributed by atoms with van der Waals surface area (Å²) in [7, 11) is 1.58. The molecule has 1 aliphatic rings. The van der Waals surface area contributed by atoms with Gasteiger partial charge in [0.25, 0.3) is 0 Å². The molecule has 23 heavy (non-hydrogen) atoms. The van der Waals surface area contributed by atoms with E-state index in [2.05, 4.69) is 5.32 Å². The number of hydrogen-bond donors (Lipinski definition) is 2. The Morgan fingerprint density at radius 2 is 1.91 bits per heavy atom. The van der Waals surface area contributed by atoms with E-state index in [1.807, 2.05) is 6.92 Å². The topological polar surface area (TPSA) is 75.6 Å². The lowest BCUT2D eigenvalue weighted by Crippen LogP contribution is -2.46. The normalized spacial score (nSPS) is 21.2. The Bertz CT molecular complexity index is 534. The zero-order valence-corrected chi connectivity index (χ0v) is 13.7. The standard InChI is InChI=1S/C18H25NO4/c1-3-16(13-10-14(20)11-13)19-18(22)9-8-17(21)12-4-6-15(23-2)7-5-12/h4-7,13-14,16,20H,3,8-11H2,1-2H3,(H,19,22)/t13?,14?,16-/m1/s1. The highest BCUT2D eigenvalue weighted by atomic mass is 16.5. The summed E-state index contributed by atoms with van der Waals surface area (Å²) in [4.78, 5) is 24.1. The highest BCUT2D eigenvalue weighted by Crippen LogP contribution is 2.31. The molecule has 0 aromatic heterocycles. The molecule has 0 radical (unpaired) electrons. The predicted molar refractivity (Wildman–Crippen MR) is 87.5 cm³/mol. The maximum atomic E-state index is 12.1. The molecule has 1 saturated carbocycles. The maximum absolute atomic E-state index is 12.1. The number of nitrogens with one attached hydrogen (secondary N) is 1. The largest absolute Gasteiger partial charge is 0.497 e. The van der Waals surface area contributed by atoms with Crippen LogP contribution in [0.15, 0.2) is 24.3 Å². The Kier molecular flexibility index (Phi) is 6.16. The van der Waals surface area contributed by atoms with Crippen LogP contribution in [0.25, 0.3) is 0 Å². The molecule has 1 aromatic rings. The Balaban J connectivity index is 1.77. The number of methoxy groups -OCH3 is 1. The van der Waals surface area contributed by atoms with Crippen LogP contribution < -0.4 is 10.1 Å². The first kappa shape index (κ1) is 17.5. The minimum atomic E-state index is -0.220. The lowest BCUT2D eigenvalue weighted by molar-refractivity contribution is -0.123. The average Bonchev–Trinajstić information content (AvgIpc) is 2.55. The van der Waals surface area contributed by atoms with Crippen LogP contribution >= 0.6 is 0 Å². The first-order valence-corrected chi connectivity index (χ1v) is 8.18. The lowest BCUT2D eigenvalue weighted by atomic mass is 9.76. The van der Waals surface area contributed by atoms with Crippen molar-refractivity contribution in [2.24, 2.45) is 5.92 Å². The third-order valence-corrected chi connectivity index (χ3v) is 4.50.